The fraction of sp³-hybridized carbons (Fsp3) is 0.889. The van der Waals surface area contributed by atoms with E-state index >= 15 is 0 Å². The molecule has 0 aromatic rings. The number of rotatable bonds is 9. The maximum Gasteiger partial charge on any atom is 0.317 e. The molecule has 0 aliphatic heterocycles. The van der Waals surface area contributed by atoms with E-state index in [1.165, 1.54) is 12.8 Å². The third-order valence-electron chi connectivity index (χ3n) is 5.52. The van der Waals surface area contributed by atoms with E-state index in [1.807, 2.05) is 30.8 Å². The lowest BCUT2D eigenvalue weighted by molar-refractivity contribution is -0.139. The smallest absolute Gasteiger partial charge is 0.317 e. The molecule has 2 aliphatic rings. The summed E-state index contributed by atoms with van der Waals surface area (Å²) in [6.45, 7) is 4.44. The highest BCUT2D eigenvalue weighted by atomic mass is 16.4. The lowest BCUT2D eigenvalue weighted by Crippen LogP contribution is -2.58. The third kappa shape index (κ3) is 5.85. The molecule has 7 nitrogen and oxygen atoms in total. The SMILES string of the molecule is CCN(CC(=O)O)C1CC(NC(=O)N(CCN(C)C)C2CCCC2)C1. The molecule has 0 unspecified atom stereocenters. The highest BCUT2D eigenvalue weighted by molar-refractivity contribution is 5.75. The summed E-state index contributed by atoms with van der Waals surface area (Å²) in [5, 5.41) is 12.1. The van der Waals surface area contributed by atoms with Crippen LogP contribution in [0.25, 0.3) is 0 Å². The molecular formula is C18H34N4O3. The summed E-state index contributed by atoms with van der Waals surface area (Å²) in [6.07, 6.45) is 6.33. The second kappa shape index (κ2) is 9.38. The molecule has 2 rings (SSSR count). The molecule has 0 radical (unpaired) electrons. The topological polar surface area (TPSA) is 76.1 Å². The number of amides is 2. The summed E-state index contributed by atoms with van der Waals surface area (Å²) in [4.78, 5) is 29.8. The minimum Gasteiger partial charge on any atom is -0.480 e. The lowest BCUT2D eigenvalue weighted by Gasteiger charge is -2.43. The maximum absolute atomic E-state index is 12.8. The third-order valence-corrected chi connectivity index (χ3v) is 5.52. The van der Waals surface area contributed by atoms with Gasteiger partial charge in [0.15, 0.2) is 0 Å². The Kier molecular flexibility index (Phi) is 7.50. The molecule has 2 N–H and O–H groups in total. The van der Waals surface area contributed by atoms with Gasteiger partial charge < -0.3 is 20.2 Å². The van der Waals surface area contributed by atoms with E-state index in [0.29, 0.717) is 6.04 Å². The number of aliphatic carboxylic acids is 1. The number of nitrogens with one attached hydrogen (secondary N) is 1. The molecule has 2 fully saturated rings. The molecule has 2 saturated carbocycles. The van der Waals surface area contributed by atoms with Crippen molar-refractivity contribution in [2.45, 2.75) is 63.6 Å². The number of carboxylic acid groups (broad SMARTS) is 1. The van der Waals surface area contributed by atoms with Gasteiger partial charge >= 0.3 is 12.0 Å². The Morgan fingerprint density at radius 1 is 1.08 bits per heavy atom. The first-order valence-corrected chi connectivity index (χ1v) is 9.58. The number of carbonyl (C=O) groups is 2. The molecule has 144 valence electrons. The van der Waals surface area contributed by atoms with Crippen molar-refractivity contribution in [1.29, 1.82) is 0 Å². The Morgan fingerprint density at radius 2 is 1.72 bits per heavy atom. The molecule has 2 amide bonds. The van der Waals surface area contributed by atoms with E-state index in [-0.39, 0.29) is 24.7 Å². The van der Waals surface area contributed by atoms with Crippen LogP contribution in [0.4, 0.5) is 4.79 Å². The Balaban J connectivity index is 1.81. The van der Waals surface area contributed by atoms with E-state index in [4.69, 9.17) is 5.11 Å². The van der Waals surface area contributed by atoms with Crippen LogP contribution < -0.4 is 5.32 Å². The normalized spacial score (nSPS) is 23.7. The van der Waals surface area contributed by atoms with Crippen LogP contribution in [-0.4, -0.2) is 90.2 Å². The summed E-state index contributed by atoms with van der Waals surface area (Å²) >= 11 is 0. The maximum atomic E-state index is 12.8. The lowest BCUT2D eigenvalue weighted by atomic mass is 9.85. The van der Waals surface area contributed by atoms with Crippen LogP contribution in [0.5, 0.6) is 0 Å². The van der Waals surface area contributed by atoms with Gasteiger partial charge in [-0.25, -0.2) is 4.79 Å². The Labute approximate surface area is 151 Å². The molecule has 0 heterocycles. The molecule has 25 heavy (non-hydrogen) atoms. The van der Waals surface area contributed by atoms with Gasteiger partial charge in [-0.1, -0.05) is 19.8 Å². The van der Waals surface area contributed by atoms with Crippen LogP contribution in [0, 0.1) is 0 Å². The number of urea groups is 1. The first-order chi connectivity index (χ1) is 11.9. The number of carboxylic acids is 1. The molecule has 0 aromatic heterocycles. The van der Waals surface area contributed by atoms with Crippen molar-refractivity contribution in [3.05, 3.63) is 0 Å². The molecule has 0 saturated heterocycles. The standard InChI is InChI=1S/C18H34N4O3/c1-4-21(13-17(23)24)16-11-14(12-16)19-18(25)22(10-9-20(2)3)15-7-5-6-8-15/h14-16H,4-13H2,1-3H3,(H,19,25)(H,23,24). The Morgan fingerprint density at radius 3 is 2.24 bits per heavy atom. The van der Waals surface area contributed by atoms with Crippen LogP contribution in [0.3, 0.4) is 0 Å². The Bertz CT molecular complexity index is 446. The van der Waals surface area contributed by atoms with Crippen molar-refractivity contribution < 1.29 is 14.7 Å². The average molecular weight is 354 g/mol. The van der Waals surface area contributed by atoms with Crippen LogP contribution in [0.1, 0.15) is 45.4 Å². The minimum atomic E-state index is -0.787. The van der Waals surface area contributed by atoms with E-state index < -0.39 is 5.97 Å². The van der Waals surface area contributed by atoms with Gasteiger partial charge in [0.1, 0.15) is 0 Å². The quantitative estimate of drug-likeness (QED) is 0.655. The van der Waals surface area contributed by atoms with Gasteiger partial charge in [-0.2, -0.15) is 0 Å². The van der Waals surface area contributed by atoms with Crippen molar-refractivity contribution in [3.8, 4) is 0 Å². The molecule has 0 bridgehead atoms. The first-order valence-electron chi connectivity index (χ1n) is 9.58. The molecular weight excluding hydrogens is 320 g/mol. The molecule has 7 heteroatoms. The van der Waals surface area contributed by atoms with Crippen LogP contribution in [0.2, 0.25) is 0 Å². The second-order valence-electron chi connectivity index (χ2n) is 7.66. The van der Waals surface area contributed by atoms with Gasteiger partial charge in [-0.3, -0.25) is 9.69 Å². The monoisotopic (exact) mass is 354 g/mol. The molecule has 0 atom stereocenters. The van der Waals surface area contributed by atoms with Gasteiger partial charge in [-0.05, 0) is 46.3 Å². The highest BCUT2D eigenvalue weighted by Gasteiger charge is 2.36. The highest BCUT2D eigenvalue weighted by Crippen LogP contribution is 2.27. The average Bonchev–Trinajstić information content (AvgIpc) is 3.02. The predicted octanol–water partition coefficient (Wildman–Crippen LogP) is 1.44. The fourth-order valence-corrected chi connectivity index (χ4v) is 3.91. The van der Waals surface area contributed by atoms with E-state index in [2.05, 4.69) is 10.2 Å². The summed E-state index contributed by atoms with van der Waals surface area (Å²) in [5.41, 5.74) is 0. The van der Waals surface area contributed by atoms with Crippen molar-refractivity contribution in [2.75, 3.05) is 40.3 Å². The minimum absolute atomic E-state index is 0.0542. The summed E-state index contributed by atoms with van der Waals surface area (Å²) in [6, 6.07) is 0.866. The zero-order chi connectivity index (χ0) is 18.4. The van der Waals surface area contributed by atoms with E-state index in [1.54, 1.807) is 0 Å². The van der Waals surface area contributed by atoms with Gasteiger partial charge in [0.05, 0.1) is 6.54 Å². The summed E-state index contributed by atoms with van der Waals surface area (Å²) in [7, 11) is 4.06. The van der Waals surface area contributed by atoms with Gasteiger partial charge in [0, 0.05) is 31.2 Å². The van der Waals surface area contributed by atoms with Crippen molar-refractivity contribution >= 4 is 12.0 Å². The number of carbonyl (C=O) groups excluding carboxylic acids is 1. The number of hydrogen-bond acceptors (Lipinski definition) is 4. The van der Waals surface area contributed by atoms with Crippen LogP contribution in [-0.2, 0) is 4.79 Å². The molecule has 2 aliphatic carbocycles. The number of likely N-dealkylation sites (N-methyl/N-ethyl adjacent to an activating group) is 2. The number of nitrogens with zero attached hydrogens (tertiary/aromatic N) is 3. The zero-order valence-electron chi connectivity index (χ0n) is 15.9. The fourth-order valence-electron chi connectivity index (χ4n) is 3.91. The van der Waals surface area contributed by atoms with Crippen LogP contribution in [0.15, 0.2) is 0 Å². The van der Waals surface area contributed by atoms with Gasteiger partial charge in [0.25, 0.3) is 0 Å². The summed E-state index contributed by atoms with van der Waals surface area (Å²) in [5.74, 6) is -0.787. The predicted molar refractivity (Wildman–Crippen MR) is 97.7 cm³/mol. The number of hydrogen-bond donors (Lipinski definition) is 2. The van der Waals surface area contributed by atoms with Crippen LogP contribution >= 0.6 is 0 Å². The van der Waals surface area contributed by atoms with Crippen molar-refractivity contribution in [1.82, 2.24) is 20.0 Å². The summed E-state index contributed by atoms with van der Waals surface area (Å²) < 4.78 is 0. The first kappa shape index (κ1) is 20.0. The zero-order valence-corrected chi connectivity index (χ0v) is 15.9. The molecule has 0 aromatic carbocycles. The largest absolute Gasteiger partial charge is 0.480 e. The van der Waals surface area contributed by atoms with Gasteiger partial charge in [0.2, 0.25) is 0 Å². The Hall–Kier alpha value is -1.34. The van der Waals surface area contributed by atoms with Crippen molar-refractivity contribution in [2.24, 2.45) is 0 Å². The second-order valence-corrected chi connectivity index (χ2v) is 7.66. The van der Waals surface area contributed by atoms with Crippen molar-refractivity contribution in [3.63, 3.8) is 0 Å². The molecule has 0 spiro atoms. The van der Waals surface area contributed by atoms with E-state index in [0.717, 1.165) is 45.3 Å². The van der Waals surface area contributed by atoms with Gasteiger partial charge in [-0.15, -0.1) is 0 Å². The van der Waals surface area contributed by atoms with E-state index in [9.17, 15) is 9.59 Å².